The Kier molecular flexibility index (Phi) is 5.00. The molecule has 0 amide bonds. The van der Waals surface area contributed by atoms with E-state index in [0.29, 0.717) is 5.56 Å². The van der Waals surface area contributed by atoms with E-state index in [2.05, 4.69) is 4.72 Å². The molecule has 0 aliphatic heterocycles. The number of carbonyl (C=O) groups excluding carboxylic acids is 1. The molecule has 23 heavy (non-hydrogen) atoms. The van der Waals surface area contributed by atoms with Gasteiger partial charge in [-0.2, -0.15) is 0 Å². The molecule has 2 aromatic rings. The van der Waals surface area contributed by atoms with Gasteiger partial charge in [0.05, 0.1) is 17.5 Å². The van der Waals surface area contributed by atoms with Gasteiger partial charge < -0.3 is 4.74 Å². The Morgan fingerprint density at radius 2 is 1.74 bits per heavy atom. The van der Waals surface area contributed by atoms with Crippen LogP contribution in [0.3, 0.4) is 0 Å². The molecule has 0 aliphatic carbocycles. The van der Waals surface area contributed by atoms with Crippen molar-refractivity contribution in [3.63, 3.8) is 0 Å². The highest BCUT2D eigenvalue weighted by atomic mass is 32.2. The van der Waals surface area contributed by atoms with E-state index in [-0.39, 0.29) is 17.1 Å². The van der Waals surface area contributed by atoms with Crippen LogP contribution in [0.25, 0.3) is 0 Å². The fraction of sp³-hybridized carbons (Fsp3) is 0.188. The van der Waals surface area contributed by atoms with E-state index in [4.69, 9.17) is 4.74 Å². The van der Waals surface area contributed by atoms with Gasteiger partial charge in [-0.1, -0.05) is 24.3 Å². The summed E-state index contributed by atoms with van der Waals surface area (Å²) in [6, 6.07) is 11.7. The number of esters is 1. The van der Waals surface area contributed by atoms with E-state index in [1.165, 1.54) is 36.4 Å². The molecule has 7 heteroatoms. The fourth-order valence-corrected chi connectivity index (χ4v) is 2.55. The molecule has 0 saturated heterocycles. The molecule has 0 fully saturated rings. The van der Waals surface area contributed by atoms with Crippen LogP contribution >= 0.6 is 0 Å². The van der Waals surface area contributed by atoms with Crippen LogP contribution in [-0.4, -0.2) is 20.6 Å². The maximum Gasteiger partial charge on any atom is 0.340 e. The number of ether oxygens (including phenoxy) is 1. The first kappa shape index (κ1) is 17.0. The summed E-state index contributed by atoms with van der Waals surface area (Å²) < 4.78 is 43.2. The lowest BCUT2D eigenvalue weighted by Crippen LogP contribution is -2.15. The van der Waals surface area contributed by atoms with Crippen molar-refractivity contribution in [2.75, 3.05) is 11.0 Å². The molecule has 0 radical (unpaired) electrons. The maximum atomic E-state index is 12.9. The summed E-state index contributed by atoms with van der Waals surface area (Å²) in [5, 5.41) is 0. The predicted octanol–water partition coefficient (Wildman–Crippen LogP) is 3.12. The number of rotatable bonds is 5. The Hall–Kier alpha value is -2.41. The third-order valence-corrected chi connectivity index (χ3v) is 3.66. The van der Waals surface area contributed by atoms with Crippen LogP contribution in [0.1, 0.15) is 28.9 Å². The van der Waals surface area contributed by atoms with E-state index < -0.39 is 22.1 Å². The van der Waals surface area contributed by atoms with Gasteiger partial charge in [0.25, 0.3) is 0 Å². The first-order valence-electron chi connectivity index (χ1n) is 6.79. The first-order valence-corrected chi connectivity index (χ1v) is 8.68. The average molecular weight is 337 g/mol. The molecular weight excluding hydrogens is 321 g/mol. The second kappa shape index (κ2) is 6.78. The van der Waals surface area contributed by atoms with Crippen LogP contribution in [0, 0.1) is 5.82 Å². The number of anilines is 1. The molecule has 1 unspecified atom stereocenters. The molecular formula is C16H16FNO4S. The Balaban J connectivity index is 2.19. The molecule has 0 spiro atoms. The van der Waals surface area contributed by atoms with E-state index in [9.17, 15) is 17.6 Å². The molecule has 1 atom stereocenters. The SMILES string of the molecule is CC(OC(=O)c1ccccc1NS(C)(=O)=O)c1ccc(F)cc1. The topological polar surface area (TPSA) is 72.5 Å². The van der Waals surface area contributed by atoms with Gasteiger partial charge in [-0.25, -0.2) is 17.6 Å². The van der Waals surface area contributed by atoms with Crippen molar-refractivity contribution >= 4 is 21.7 Å². The Morgan fingerprint density at radius 1 is 1.13 bits per heavy atom. The second-order valence-corrected chi connectivity index (χ2v) is 6.77. The highest BCUT2D eigenvalue weighted by molar-refractivity contribution is 7.92. The molecule has 0 aromatic heterocycles. The normalized spacial score (nSPS) is 12.5. The van der Waals surface area contributed by atoms with Crippen LogP contribution in [0.15, 0.2) is 48.5 Å². The van der Waals surface area contributed by atoms with Gasteiger partial charge in [0.15, 0.2) is 0 Å². The zero-order chi connectivity index (χ0) is 17.0. The van der Waals surface area contributed by atoms with Crippen molar-refractivity contribution in [1.29, 1.82) is 0 Å². The first-order chi connectivity index (χ1) is 10.8. The zero-order valence-corrected chi connectivity index (χ0v) is 13.4. The van der Waals surface area contributed by atoms with Crippen molar-refractivity contribution in [3.05, 3.63) is 65.5 Å². The van der Waals surface area contributed by atoms with Gasteiger partial charge in [0.1, 0.15) is 11.9 Å². The molecule has 1 N–H and O–H groups in total. The number of para-hydroxylation sites is 1. The predicted molar refractivity (Wildman–Crippen MR) is 85.1 cm³/mol. The highest BCUT2D eigenvalue weighted by Gasteiger charge is 2.18. The number of sulfonamides is 1. The minimum absolute atomic E-state index is 0.104. The maximum absolute atomic E-state index is 12.9. The van der Waals surface area contributed by atoms with Gasteiger partial charge in [-0.3, -0.25) is 4.72 Å². The quantitative estimate of drug-likeness (QED) is 0.851. The van der Waals surface area contributed by atoms with Gasteiger partial charge in [0, 0.05) is 0 Å². The largest absolute Gasteiger partial charge is 0.454 e. The van der Waals surface area contributed by atoms with Crippen LogP contribution in [0.2, 0.25) is 0 Å². The third-order valence-electron chi connectivity index (χ3n) is 3.07. The van der Waals surface area contributed by atoms with E-state index in [1.807, 2.05) is 0 Å². The lowest BCUT2D eigenvalue weighted by molar-refractivity contribution is 0.0339. The minimum Gasteiger partial charge on any atom is -0.454 e. The minimum atomic E-state index is -3.52. The summed E-state index contributed by atoms with van der Waals surface area (Å²) >= 11 is 0. The Labute approximate surface area is 134 Å². The van der Waals surface area contributed by atoms with Gasteiger partial charge in [0.2, 0.25) is 10.0 Å². The average Bonchev–Trinajstić information content (AvgIpc) is 2.46. The summed E-state index contributed by atoms with van der Waals surface area (Å²) in [6.07, 6.45) is 0.394. The number of nitrogens with one attached hydrogen (secondary N) is 1. The molecule has 0 heterocycles. The number of benzene rings is 2. The van der Waals surface area contributed by atoms with Crippen LogP contribution < -0.4 is 4.72 Å². The third kappa shape index (κ3) is 4.79. The van der Waals surface area contributed by atoms with Gasteiger partial charge in [-0.15, -0.1) is 0 Å². The van der Waals surface area contributed by atoms with Crippen LogP contribution in [0.5, 0.6) is 0 Å². The summed E-state index contributed by atoms with van der Waals surface area (Å²) in [6.45, 7) is 1.65. The van der Waals surface area contributed by atoms with Crippen molar-refractivity contribution < 1.29 is 22.3 Å². The standard InChI is InChI=1S/C16H16FNO4S/c1-11(12-7-9-13(17)10-8-12)22-16(19)14-5-3-4-6-15(14)18-23(2,20)21/h3-11,18H,1-2H3. The van der Waals surface area contributed by atoms with E-state index >= 15 is 0 Å². The number of carbonyl (C=O) groups is 1. The van der Waals surface area contributed by atoms with Crippen LogP contribution in [-0.2, 0) is 14.8 Å². The lowest BCUT2D eigenvalue weighted by Gasteiger charge is -2.15. The number of hydrogen-bond acceptors (Lipinski definition) is 4. The van der Waals surface area contributed by atoms with E-state index in [1.54, 1.807) is 19.1 Å². The molecule has 2 rings (SSSR count). The Morgan fingerprint density at radius 3 is 2.35 bits per heavy atom. The lowest BCUT2D eigenvalue weighted by atomic mass is 10.1. The molecule has 0 saturated carbocycles. The molecule has 0 aliphatic rings. The van der Waals surface area contributed by atoms with Gasteiger partial charge >= 0.3 is 5.97 Å². The summed E-state index contributed by atoms with van der Waals surface area (Å²) in [4.78, 5) is 12.3. The zero-order valence-electron chi connectivity index (χ0n) is 12.6. The van der Waals surface area contributed by atoms with Crippen molar-refractivity contribution in [1.82, 2.24) is 0 Å². The highest BCUT2D eigenvalue weighted by Crippen LogP contribution is 2.22. The number of hydrogen-bond donors (Lipinski definition) is 1. The summed E-state index contributed by atoms with van der Waals surface area (Å²) in [5.41, 5.74) is 0.881. The van der Waals surface area contributed by atoms with Crippen molar-refractivity contribution in [3.8, 4) is 0 Å². The van der Waals surface area contributed by atoms with Gasteiger partial charge in [-0.05, 0) is 36.8 Å². The fourth-order valence-electron chi connectivity index (χ4n) is 1.98. The summed E-state index contributed by atoms with van der Waals surface area (Å²) in [5.74, 6) is -1.05. The second-order valence-electron chi connectivity index (χ2n) is 5.02. The van der Waals surface area contributed by atoms with Crippen molar-refractivity contribution in [2.24, 2.45) is 0 Å². The molecule has 2 aromatic carbocycles. The number of halogens is 1. The monoisotopic (exact) mass is 337 g/mol. The smallest absolute Gasteiger partial charge is 0.340 e. The van der Waals surface area contributed by atoms with Crippen LogP contribution in [0.4, 0.5) is 10.1 Å². The van der Waals surface area contributed by atoms with Crippen molar-refractivity contribution in [2.45, 2.75) is 13.0 Å². The Bertz CT molecular complexity index is 803. The van der Waals surface area contributed by atoms with E-state index in [0.717, 1.165) is 6.26 Å². The summed E-state index contributed by atoms with van der Waals surface area (Å²) in [7, 11) is -3.52. The molecule has 122 valence electrons. The molecule has 0 bridgehead atoms. The molecule has 5 nitrogen and oxygen atoms in total.